The maximum atomic E-state index is 13.1. The zero-order chi connectivity index (χ0) is 21.5. The zero-order valence-corrected chi connectivity index (χ0v) is 15.4. The summed E-state index contributed by atoms with van der Waals surface area (Å²) < 4.78 is 31.1. The molecule has 1 aromatic heterocycles. The molecule has 0 fully saturated rings. The average Bonchev–Trinajstić information content (AvgIpc) is 3.24. The molecule has 3 rings (SSSR count). The van der Waals surface area contributed by atoms with Crippen LogP contribution in [0, 0.1) is 11.6 Å². The maximum Gasteiger partial charge on any atom is 0.273 e. The van der Waals surface area contributed by atoms with E-state index < -0.39 is 42.4 Å². The van der Waals surface area contributed by atoms with Crippen LogP contribution in [0.25, 0.3) is 11.3 Å². The van der Waals surface area contributed by atoms with E-state index in [2.05, 4.69) is 21.1 Å². The van der Waals surface area contributed by atoms with Crippen molar-refractivity contribution in [3.05, 3.63) is 71.9 Å². The van der Waals surface area contributed by atoms with Gasteiger partial charge >= 0.3 is 0 Å². The number of amides is 3. The zero-order valence-electron chi connectivity index (χ0n) is 15.4. The van der Waals surface area contributed by atoms with Gasteiger partial charge in [-0.15, -0.1) is 0 Å². The van der Waals surface area contributed by atoms with E-state index in [4.69, 9.17) is 4.52 Å². The number of carbonyl (C=O) groups excluding carboxylic acids is 3. The summed E-state index contributed by atoms with van der Waals surface area (Å²) in [6.07, 6.45) is 0. The van der Waals surface area contributed by atoms with Crippen molar-refractivity contribution in [2.75, 3.05) is 18.4 Å². The van der Waals surface area contributed by atoms with E-state index in [0.29, 0.717) is 5.76 Å². The molecule has 0 saturated carbocycles. The SMILES string of the molecule is O=C(CNC(=O)c1cc(-c2ccccc2)on1)NCC(=O)Nc1ccc(F)c(F)c1. The molecule has 0 bridgehead atoms. The minimum atomic E-state index is -1.11. The van der Waals surface area contributed by atoms with E-state index >= 15 is 0 Å². The summed E-state index contributed by atoms with van der Waals surface area (Å²) >= 11 is 0. The number of rotatable bonds is 7. The van der Waals surface area contributed by atoms with Gasteiger partial charge in [0.05, 0.1) is 13.1 Å². The van der Waals surface area contributed by atoms with Gasteiger partial charge in [-0.05, 0) is 12.1 Å². The van der Waals surface area contributed by atoms with Crippen molar-refractivity contribution in [2.24, 2.45) is 0 Å². The Balaban J connectivity index is 1.43. The summed E-state index contributed by atoms with van der Waals surface area (Å²) in [4.78, 5) is 35.6. The lowest BCUT2D eigenvalue weighted by atomic mass is 10.1. The van der Waals surface area contributed by atoms with Crippen LogP contribution < -0.4 is 16.0 Å². The van der Waals surface area contributed by atoms with Gasteiger partial charge in [0, 0.05) is 23.4 Å². The van der Waals surface area contributed by atoms with Gasteiger partial charge in [-0.3, -0.25) is 14.4 Å². The third-order valence-electron chi connectivity index (χ3n) is 3.86. The molecule has 1 heterocycles. The molecule has 2 aromatic carbocycles. The molecule has 0 aliphatic rings. The first-order valence-electron chi connectivity index (χ1n) is 8.74. The van der Waals surface area contributed by atoms with Crippen molar-refractivity contribution in [2.45, 2.75) is 0 Å². The van der Waals surface area contributed by atoms with Gasteiger partial charge in [0.15, 0.2) is 23.1 Å². The number of hydrogen-bond acceptors (Lipinski definition) is 5. The molecule has 0 radical (unpaired) electrons. The van der Waals surface area contributed by atoms with E-state index in [1.54, 1.807) is 12.1 Å². The lowest BCUT2D eigenvalue weighted by molar-refractivity contribution is -0.123. The minimum Gasteiger partial charge on any atom is -0.355 e. The van der Waals surface area contributed by atoms with Crippen LogP contribution in [0.3, 0.4) is 0 Å². The molecule has 30 heavy (non-hydrogen) atoms. The van der Waals surface area contributed by atoms with Crippen LogP contribution in [0.15, 0.2) is 59.1 Å². The Hall–Kier alpha value is -4.08. The van der Waals surface area contributed by atoms with Gasteiger partial charge < -0.3 is 20.5 Å². The number of anilines is 1. The Morgan fingerprint density at radius 3 is 2.33 bits per heavy atom. The molecule has 10 heteroatoms. The number of halogens is 2. The Morgan fingerprint density at radius 2 is 1.60 bits per heavy atom. The van der Waals surface area contributed by atoms with E-state index in [9.17, 15) is 23.2 Å². The summed E-state index contributed by atoms with van der Waals surface area (Å²) in [5.41, 5.74) is 0.785. The van der Waals surface area contributed by atoms with Gasteiger partial charge in [0.1, 0.15) is 0 Å². The van der Waals surface area contributed by atoms with Crippen molar-refractivity contribution < 1.29 is 27.7 Å². The quantitative estimate of drug-likeness (QED) is 0.548. The first-order valence-corrected chi connectivity index (χ1v) is 8.74. The normalized spacial score (nSPS) is 10.3. The Morgan fingerprint density at radius 1 is 0.867 bits per heavy atom. The molecule has 3 N–H and O–H groups in total. The highest BCUT2D eigenvalue weighted by atomic mass is 19.2. The molecular weight excluding hydrogens is 398 g/mol. The fraction of sp³-hybridized carbons (Fsp3) is 0.100. The van der Waals surface area contributed by atoms with Gasteiger partial charge in [-0.1, -0.05) is 35.5 Å². The second-order valence-corrected chi connectivity index (χ2v) is 6.08. The number of hydrogen-bond donors (Lipinski definition) is 3. The summed E-state index contributed by atoms with van der Waals surface area (Å²) in [5.74, 6) is -3.65. The Kier molecular flexibility index (Phi) is 6.48. The van der Waals surface area contributed by atoms with E-state index in [1.807, 2.05) is 18.2 Å². The molecule has 0 spiro atoms. The second-order valence-electron chi connectivity index (χ2n) is 6.08. The Labute approximate surface area is 169 Å². The molecule has 0 aliphatic heterocycles. The smallest absolute Gasteiger partial charge is 0.273 e. The van der Waals surface area contributed by atoms with Crippen LogP contribution in [-0.2, 0) is 9.59 Å². The summed E-state index contributed by atoms with van der Waals surface area (Å²) in [6.45, 7) is -0.819. The minimum absolute atomic E-state index is 0.00210. The highest BCUT2D eigenvalue weighted by molar-refractivity contribution is 5.97. The van der Waals surface area contributed by atoms with Crippen LogP contribution in [0.2, 0.25) is 0 Å². The lowest BCUT2D eigenvalue weighted by Crippen LogP contribution is -2.40. The lowest BCUT2D eigenvalue weighted by Gasteiger charge is -2.07. The van der Waals surface area contributed by atoms with Crippen molar-refractivity contribution in [1.29, 1.82) is 0 Å². The molecule has 0 aliphatic carbocycles. The maximum absolute atomic E-state index is 13.1. The van der Waals surface area contributed by atoms with Crippen molar-refractivity contribution in [1.82, 2.24) is 15.8 Å². The average molecular weight is 414 g/mol. The Bertz CT molecular complexity index is 1070. The number of nitrogens with one attached hydrogen (secondary N) is 3. The summed E-state index contributed by atoms with van der Waals surface area (Å²) in [5, 5.41) is 10.6. The van der Waals surface area contributed by atoms with Crippen molar-refractivity contribution >= 4 is 23.4 Å². The largest absolute Gasteiger partial charge is 0.355 e. The van der Waals surface area contributed by atoms with Crippen LogP contribution in [0.5, 0.6) is 0 Å². The standard InChI is InChI=1S/C20H16F2N4O4/c21-14-7-6-13(8-15(14)22)25-19(28)11-23-18(27)10-24-20(29)16-9-17(30-26-16)12-4-2-1-3-5-12/h1-9H,10-11H2,(H,23,27)(H,24,29)(H,25,28). The molecule has 3 aromatic rings. The van der Waals surface area contributed by atoms with Crippen LogP contribution in [0.4, 0.5) is 14.5 Å². The highest BCUT2D eigenvalue weighted by Crippen LogP contribution is 2.19. The predicted octanol–water partition coefficient (Wildman–Crippen LogP) is 2.10. The summed E-state index contributed by atoms with van der Waals surface area (Å²) in [7, 11) is 0. The number of carbonyl (C=O) groups is 3. The van der Waals surface area contributed by atoms with E-state index in [0.717, 1.165) is 17.7 Å². The number of benzene rings is 2. The van der Waals surface area contributed by atoms with Crippen LogP contribution >= 0.6 is 0 Å². The third kappa shape index (κ3) is 5.47. The van der Waals surface area contributed by atoms with Crippen molar-refractivity contribution in [3.8, 4) is 11.3 Å². The molecule has 3 amide bonds. The van der Waals surface area contributed by atoms with Gasteiger partial charge in [0.2, 0.25) is 11.8 Å². The van der Waals surface area contributed by atoms with Crippen LogP contribution in [-0.4, -0.2) is 36.0 Å². The second kappa shape index (κ2) is 9.41. The predicted molar refractivity (Wildman–Crippen MR) is 102 cm³/mol. The van der Waals surface area contributed by atoms with Gasteiger partial charge in [-0.2, -0.15) is 0 Å². The first kappa shape index (κ1) is 20.6. The molecule has 0 unspecified atom stereocenters. The fourth-order valence-corrected chi connectivity index (χ4v) is 2.39. The van der Waals surface area contributed by atoms with Gasteiger partial charge in [0.25, 0.3) is 5.91 Å². The molecule has 0 atom stereocenters. The molecule has 154 valence electrons. The van der Waals surface area contributed by atoms with E-state index in [-0.39, 0.29) is 11.4 Å². The topological polar surface area (TPSA) is 113 Å². The molecular formula is C20H16F2N4O4. The third-order valence-corrected chi connectivity index (χ3v) is 3.86. The first-order chi connectivity index (χ1) is 14.4. The highest BCUT2D eigenvalue weighted by Gasteiger charge is 2.15. The fourth-order valence-electron chi connectivity index (χ4n) is 2.39. The molecule has 0 saturated heterocycles. The van der Waals surface area contributed by atoms with E-state index in [1.165, 1.54) is 12.1 Å². The van der Waals surface area contributed by atoms with Gasteiger partial charge in [-0.25, -0.2) is 8.78 Å². The number of aromatic nitrogens is 1. The monoisotopic (exact) mass is 414 g/mol. The summed E-state index contributed by atoms with van der Waals surface area (Å²) in [6, 6.07) is 13.3. The van der Waals surface area contributed by atoms with Crippen LogP contribution in [0.1, 0.15) is 10.5 Å². The van der Waals surface area contributed by atoms with Crippen molar-refractivity contribution in [3.63, 3.8) is 0 Å². The molecule has 8 nitrogen and oxygen atoms in total. The number of nitrogens with zero attached hydrogens (tertiary/aromatic N) is 1.